The van der Waals surface area contributed by atoms with Gasteiger partial charge >= 0.3 is 0 Å². The molecule has 0 saturated carbocycles. The van der Waals surface area contributed by atoms with Gasteiger partial charge in [-0.3, -0.25) is 0 Å². The lowest BCUT2D eigenvalue weighted by molar-refractivity contribution is 0.660. The standard InChI is InChI=1S/C79H60N2/c1-77(2)67-29-15-13-27-60(67)65-46-57(35-40-69(65)77)80(55-25-17-23-52(43-55)49-19-9-7-10-20-49)59-34-39-62-71(48-59)79(5,6)72-45-54-32-37-63-73(42-33-51-31-38-64(76(62)72)75(54)74(51)63)81(56-26-18-24-53(44-56)50-21-11-8-12-22-50)58-36-41-70-66(47-58)61-28-14-16-30-68(61)78(70,3)4/h7-48H,1-6H3. The lowest BCUT2D eigenvalue weighted by Gasteiger charge is -2.29. The normalized spacial score (nSPS) is 14.6. The van der Waals surface area contributed by atoms with Crippen LogP contribution < -0.4 is 9.80 Å². The van der Waals surface area contributed by atoms with E-state index < -0.39 is 0 Å². The number of fused-ring (bicyclic) bond motifs is 10. The molecule has 3 aliphatic carbocycles. The molecule has 0 aliphatic heterocycles. The Labute approximate surface area is 475 Å². The van der Waals surface area contributed by atoms with E-state index in [2.05, 4.69) is 306 Å². The van der Waals surface area contributed by atoms with Crippen LogP contribution in [0.5, 0.6) is 0 Å². The predicted octanol–water partition coefficient (Wildman–Crippen LogP) is 21.8. The van der Waals surface area contributed by atoms with Gasteiger partial charge in [0.1, 0.15) is 0 Å². The van der Waals surface area contributed by atoms with Crippen molar-refractivity contribution in [1.29, 1.82) is 0 Å². The first kappa shape index (κ1) is 47.5. The average Bonchev–Trinajstić information content (AvgIpc) is 4.25. The minimum absolute atomic E-state index is 0.0846. The summed E-state index contributed by atoms with van der Waals surface area (Å²) in [5.74, 6) is 0. The van der Waals surface area contributed by atoms with E-state index in [1.165, 1.54) is 121 Å². The Morgan fingerprint density at radius 2 is 0.691 bits per heavy atom. The monoisotopic (exact) mass is 1040 g/mol. The van der Waals surface area contributed by atoms with Crippen molar-refractivity contribution < 1.29 is 0 Å². The zero-order chi connectivity index (χ0) is 54.5. The second-order valence-electron chi connectivity index (χ2n) is 24.5. The summed E-state index contributed by atoms with van der Waals surface area (Å²) in [6.45, 7) is 14.3. The Bertz CT molecular complexity index is 4730. The maximum absolute atomic E-state index is 2.52. The summed E-state index contributed by atoms with van der Waals surface area (Å²) in [6, 6.07) is 96.1. The molecule has 13 aromatic rings. The summed E-state index contributed by atoms with van der Waals surface area (Å²) in [4.78, 5) is 5.00. The van der Waals surface area contributed by atoms with Crippen molar-refractivity contribution in [2.45, 2.75) is 57.8 Å². The van der Waals surface area contributed by atoms with E-state index in [0.717, 1.165) is 34.1 Å². The molecule has 0 aromatic heterocycles. The molecule has 0 amide bonds. The van der Waals surface area contributed by atoms with E-state index in [1.807, 2.05) is 0 Å². The number of hydrogen-bond donors (Lipinski definition) is 0. The summed E-state index contributed by atoms with van der Waals surface area (Å²) in [5.41, 5.74) is 27.3. The second-order valence-corrected chi connectivity index (χ2v) is 24.5. The van der Waals surface area contributed by atoms with Gasteiger partial charge in [0, 0.05) is 50.1 Å². The lowest BCUT2D eigenvalue weighted by Crippen LogP contribution is -2.17. The van der Waals surface area contributed by atoms with Gasteiger partial charge < -0.3 is 9.80 Å². The summed E-state index contributed by atoms with van der Waals surface area (Å²) in [7, 11) is 0. The van der Waals surface area contributed by atoms with E-state index in [9.17, 15) is 0 Å². The third-order valence-corrected chi connectivity index (χ3v) is 19.0. The van der Waals surface area contributed by atoms with Crippen LogP contribution in [0.2, 0.25) is 0 Å². The Hall–Kier alpha value is -9.50. The van der Waals surface area contributed by atoms with Crippen molar-refractivity contribution in [3.05, 3.63) is 288 Å². The SMILES string of the molecule is CC1(C)c2ccccc2-c2cc(N(c3cccc(-c4ccccc4)c3)c3ccc4c(c3)C(C)(C)c3cc5ccc6c(N(c7cccc(-c8ccccc8)c7)c7ccc8c(c7)-c7ccccc7C8(C)C)ccc7ccc(c3-4)c5c76)ccc21. The maximum Gasteiger partial charge on any atom is 0.0540 e. The molecule has 0 spiro atoms. The minimum Gasteiger partial charge on any atom is -0.310 e. The van der Waals surface area contributed by atoms with Crippen LogP contribution in [0.25, 0.3) is 88.0 Å². The Kier molecular flexibility index (Phi) is 10.1. The predicted molar refractivity (Wildman–Crippen MR) is 343 cm³/mol. The molecular formula is C79H60N2. The van der Waals surface area contributed by atoms with Gasteiger partial charge in [0.25, 0.3) is 0 Å². The lowest BCUT2D eigenvalue weighted by atomic mass is 9.80. The molecule has 3 aliphatic rings. The quantitative estimate of drug-likeness (QED) is 0.140. The van der Waals surface area contributed by atoms with Crippen LogP contribution in [0.3, 0.4) is 0 Å². The molecule has 2 heteroatoms. The number of rotatable bonds is 8. The van der Waals surface area contributed by atoms with Gasteiger partial charge in [-0.05, 0) is 189 Å². The largest absolute Gasteiger partial charge is 0.310 e. The Morgan fingerprint density at radius 3 is 1.31 bits per heavy atom. The summed E-state index contributed by atoms with van der Waals surface area (Å²) in [6.07, 6.45) is 0. The molecule has 0 unspecified atom stereocenters. The molecule has 81 heavy (non-hydrogen) atoms. The fourth-order valence-corrected chi connectivity index (χ4v) is 14.9. The highest BCUT2D eigenvalue weighted by Gasteiger charge is 2.40. The zero-order valence-electron chi connectivity index (χ0n) is 46.6. The van der Waals surface area contributed by atoms with Gasteiger partial charge in [-0.1, -0.05) is 224 Å². The minimum atomic E-state index is -0.282. The van der Waals surface area contributed by atoms with E-state index in [0.29, 0.717) is 0 Å². The molecule has 0 radical (unpaired) electrons. The molecular weight excluding hydrogens is 977 g/mol. The van der Waals surface area contributed by atoms with Crippen LogP contribution in [0, 0.1) is 0 Å². The summed E-state index contributed by atoms with van der Waals surface area (Å²) < 4.78 is 0. The van der Waals surface area contributed by atoms with Gasteiger partial charge in [0.05, 0.1) is 5.69 Å². The van der Waals surface area contributed by atoms with Gasteiger partial charge in [0.15, 0.2) is 0 Å². The number of nitrogens with zero attached hydrogens (tertiary/aromatic N) is 2. The first-order valence-corrected chi connectivity index (χ1v) is 28.7. The average molecular weight is 1040 g/mol. The van der Waals surface area contributed by atoms with Gasteiger partial charge in [-0.25, -0.2) is 0 Å². The third-order valence-electron chi connectivity index (χ3n) is 19.0. The maximum atomic E-state index is 2.52. The van der Waals surface area contributed by atoms with E-state index in [4.69, 9.17) is 0 Å². The molecule has 2 nitrogen and oxygen atoms in total. The molecule has 0 atom stereocenters. The van der Waals surface area contributed by atoms with Crippen LogP contribution in [0.1, 0.15) is 74.9 Å². The molecule has 16 rings (SSSR count). The fourth-order valence-electron chi connectivity index (χ4n) is 14.9. The first-order chi connectivity index (χ1) is 39.4. The van der Waals surface area contributed by atoms with Crippen molar-refractivity contribution >= 4 is 66.4 Å². The van der Waals surface area contributed by atoms with Crippen LogP contribution in [0.4, 0.5) is 34.1 Å². The molecule has 0 heterocycles. The molecule has 0 N–H and O–H groups in total. The fraction of sp³-hybridized carbons (Fsp3) is 0.114. The zero-order valence-corrected chi connectivity index (χ0v) is 46.6. The highest BCUT2D eigenvalue weighted by atomic mass is 15.1. The van der Waals surface area contributed by atoms with Crippen molar-refractivity contribution in [3.8, 4) is 55.6 Å². The van der Waals surface area contributed by atoms with Crippen LogP contribution in [0.15, 0.2) is 255 Å². The number of hydrogen-bond acceptors (Lipinski definition) is 2. The van der Waals surface area contributed by atoms with E-state index in [-0.39, 0.29) is 16.2 Å². The van der Waals surface area contributed by atoms with E-state index >= 15 is 0 Å². The van der Waals surface area contributed by atoms with Gasteiger partial charge in [-0.2, -0.15) is 0 Å². The number of anilines is 6. The highest BCUT2D eigenvalue weighted by Crippen LogP contribution is 2.58. The molecule has 0 bridgehead atoms. The summed E-state index contributed by atoms with van der Waals surface area (Å²) in [5, 5.41) is 7.68. The molecule has 0 fully saturated rings. The molecule has 0 saturated heterocycles. The summed E-state index contributed by atoms with van der Waals surface area (Å²) >= 11 is 0. The molecule has 386 valence electrons. The number of benzene rings is 13. The van der Waals surface area contributed by atoms with Gasteiger partial charge in [0.2, 0.25) is 0 Å². The van der Waals surface area contributed by atoms with E-state index in [1.54, 1.807) is 0 Å². The van der Waals surface area contributed by atoms with Crippen LogP contribution >= 0.6 is 0 Å². The van der Waals surface area contributed by atoms with Crippen molar-refractivity contribution in [2.24, 2.45) is 0 Å². The van der Waals surface area contributed by atoms with Crippen molar-refractivity contribution in [1.82, 2.24) is 0 Å². The van der Waals surface area contributed by atoms with Crippen LogP contribution in [-0.2, 0) is 16.2 Å². The highest BCUT2D eigenvalue weighted by molar-refractivity contribution is 6.29. The van der Waals surface area contributed by atoms with Crippen molar-refractivity contribution in [3.63, 3.8) is 0 Å². The first-order valence-electron chi connectivity index (χ1n) is 28.7. The smallest absolute Gasteiger partial charge is 0.0540 e. The Morgan fingerprint density at radius 1 is 0.247 bits per heavy atom. The van der Waals surface area contributed by atoms with Gasteiger partial charge in [-0.15, -0.1) is 0 Å². The third kappa shape index (κ3) is 6.93. The van der Waals surface area contributed by atoms with Crippen LogP contribution in [-0.4, -0.2) is 0 Å². The topological polar surface area (TPSA) is 6.48 Å². The molecule has 13 aromatic carbocycles. The Balaban J connectivity index is 0.874. The van der Waals surface area contributed by atoms with Crippen molar-refractivity contribution in [2.75, 3.05) is 9.80 Å². The second kappa shape index (κ2) is 17.3.